The van der Waals surface area contributed by atoms with Crippen molar-refractivity contribution in [3.8, 4) is 5.75 Å². The van der Waals surface area contributed by atoms with Gasteiger partial charge >= 0.3 is 0 Å². The van der Waals surface area contributed by atoms with Crippen molar-refractivity contribution in [3.05, 3.63) is 29.6 Å². The summed E-state index contributed by atoms with van der Waals surface area (Å²) >= 11 is 0. The molecular weight excluding hydrogens is 205 g/mol. The van der Waals surface area contributed by atoms with Gasteiger partial charge in [0.1, 0.15) is 17.2 Å². The fourth-order valence-corrected chi connectivity index (χ4v) is 1.45. The van der Waals surface area contributed by atoms with E-state index in [-0.39, 0.29) is 17.3 Å². The standard InChI is InChI=1S/C13H20FNO/c1-9(8-15)11-7-10(14)5-6-12(11)16-13(2,3)4/h5-7,9H,8,15H2,1-4H3. The van der Waals surface area contributed by atoms with Gasteiger partial charge in [0.2, 0.25) is 0 Å². The molecule has 1 atom stereocenters. The van der Waals surface area contributed by atoms with E-state index in [0.717, 1.165) is 5.56 Å². The molecule has 0 aliphatic heterocycles. The minimum absolute atomic E-state index is 0.0908. The molecule has 1 unspecified atom stereocenters. The average Bonchev–Trinajstić information content (AvgIpc) is 2.17. The Balaban J connectivity index is 3.07. The van der Waals surface area contributed by atoms with Gasteiger partial charge in [0.05, 0.1) is 0 Å². The van der Waals surface area contributed by atoms with Gasteiger partial charge in [-0.15, -0.1) is 0 Å². The molecule has 0 radical (unpaired) electrons. The molecule has 0 amide bonds. The van der Waals surface area contributed by atoms with Gasteiger partial charge in [-0.3, -0.25) is 0 Å². The molecule has 16 heavy (non-hydrogen) atoms. The van der Waals surface area contributed by atoms with Crippen molar-refractivity contribution in [3.63, 3.8) is 0 Å². The summed E-state index contributed by atoms with van der Waals surface area (Å²) in [6.07, 6.45) is 0. The summed E-state index contributed by atoms with van der Waals surface area (Å²) < 4.78 is 19.0. The van der Waals surface area contributed by atoms with Gasteiger partial charge in [-0.05, 0) is 51.4 Å². The molecule has 1 rings (SSSR count). The Morgan fingerprint density at radius 3 is 2.50 bits per heavy atom. The predicted molar refractivity (Wildman–Crippen MR) is 64.3 cm³/mol. The highest BCUT2D eigenvalue weighted by Crippen LogP contribution is 2.29. The third-order valence-electron chi connectivity index (χ3n) is 2.27. The molecule has 0 spiro atoms. The topological polar surface area (TPSA) is 35.2 Å². The number of hydrogen-bond acceptors (Lipinski definition) is 2. The van der Waals surface area contributed by atoms with E-state index in [4.69, 9.17) is 10.5 Å². The van der Waals surface area contributed by atoms with Crippen LogP contribution in [-0.2, 0) is 0 Å². The monoisotopic (exact) mass is 225 g/mol. The zero-order valence-corrected chi connectivity index (χ0v) is 10.4. The summed E-state index contributed by atoms with van der Waals surface area (Å²) in [5, 5.41) is 0. The zero-order valence-electron chi connectivity index (χ0n) is 10.4. The van der Waals surface area contributed by atoms with Crippen molar-refractivity contribution in [1.82, 2.24) is 0 Å². The van der Waals surface area contributed by atoms with Gasteiger partial charge < -0.3 is 10.5 Å². The molecule has 1 aromatic rings. The molecule has 2 nitrogen and oxygen atoms in total. The van der Waals surface area contributed by atoms with Crippen LogP contribution in [-0.4, -0.2) is 12.1 Å². The van der Waals surface area contributed by atoms with Crippen LogP contribution in [0.3, 0.4) is 0 Å². The molecule has 0 bridgehead atoms. The molecule has 0 aromatic heterocycles. The van der Waals surface area contributed by atoms with Gasteiger partial charge in [0, 0.05) is 5.56 Å². The molecule has 0 saturated heterocycles. The molecule has 0 fully saturated rings. The lowest BCUT2D eigenvalue weighted by Crippen LogP contribution is -2.24. The van der Waals surface area contributed by atoms with E-state index in [1.165, 1.54) is 12.1 Å². The van der Waals surface area contributed by atoms with Crippen LogP contribution in [0.25, 0.3) is 0 Å². The van der Waals surface area contributed by atoms with Gasteiger partial charge in [0.15, 0.2) is 0 Å². The Bertz CT molecular complexity index is 357. The Hall–Kier alpha value is -1.09. The maximum Gasteiger partial charge on any atom is 0.123 e. The van der Waals surface area contributed by atoms with E-state index in [1.54, 1.807) is 6.07 Å². The summed E-state index contributed by atoms with van der Waals surface area (Å²) in [7, 11) is 0. The number of hydrogen-bond donors (Lipinski definition) is 1. The molecule has 90 valence electrons. The third-order valence-corrected chi connectivity index (χ3v) is 2.27. The predicted octanol–water partition coefficient (Wildman–Crippen LogP) is 3.07. The molecule has 3 heteroatoms. The van der Waals surface area contributed by atoms with Gasteiger partial charge in [-0.1, -0.05) is 6.92 Å². The van der Waals surface area contributed by atoms with Crippen LogP contribution in [0.4, 0.5) is 4.39 Å². The molecular formula is C13H20FNO. The molecule has 0 aliphatic rings. The first kappa shape index (κ1) is 13.0. The van der Waals surface area contributed by atoms with Crippen LogP contribution in [0, 0.1) is 5.82 Å². The first-order valence-corrected chi connectivity index (χ1v) is 5.52. The minimum Gasteiger partial charge on any atom is -0.488 e. The Kier molecular flexibility index (Phi) is 3.92. The first-order valence-electron chi connectivity index (χ1n) is 5.52. The van der Waals surface area contributed by atoms with E-state index in [1.807, 2.05) is 27.7 Å². The number of halogens is 1. The molecule has 0 heterocycles. The fourth-order valence-electron chi connectivity index (χ4n) is 1.45. The number of ether oxygens (including phenoxy) is 1. The van der Waals surface area contributed by atoms with E-state index in [0.29, 0.717) is 12.3 Å². The van der Waals surface area contributed by atoms with Gasteiger partial charge in [-0.2, -0.15) is 0 Å². The maximum absolute atomic E-state index is 13.2. The second-order valence-electron chi connectivity index (χ2n) is 5.03. The third kappa shape index (κ3) is 3.49. The van der Waals surface area contributed by atoms with Gasteiger partial charge in [0.25, 0.3) is 0 Å². The highest BCUT2D eigenvalue weighted by atomic mass is 19.1. The second-order valence-corrected chi connectivity index (χ2v) is 5.03. The minimum atomic E-state index is -0.291. The summed E-state index contributed by atoms with van der Waals surface area (Å²) in [5.41, 5.74) is 6.15. The van der Waals surface area contributed by atoms with Crippen molar-refractivity contribution < 1.29 is 9.13 Å². The molecule has 0 aliphatic carbocycles. The average molecular weight is 225 g/mol. The molecule has 2 N–H and O–H groups in total. The maximum atomic E-state index is 13.2. The van der Waals surface area contributed by atoms with Crippen LogP contribution in [0.15, 0.2) is 18.2 Å². The lowest BCUT2D eigenvalue weighted by Gasteiger charge is -2.24. The molecule has 0 saturated carbocycles. The van der Waals surface area contributed by atoms with Crippen LogP contribution >= 0.6 is 0 Å². The number of rotatable bonds is 3. The molecule has 1 aromatic carbocycles. The van der Waals surface area contributed by atoms with Crippen LogP contribution in [0.2, 0.25) is 0 Å². The normalized spacial score (nSPS) is 13.6. The first-order chi connectivity index (χ1) is 7.33. The summed E-state index contributed by atoms with van der Waals surface area (Å²) in [6.45, 7) is 8.34. The fraction of sp³-hybridized carbons (Fsp3) is 0.538. The van der Waals surface area contributed by atoms with Crippen molar-refractivity contribution >= 4 is 0 Å². The van der Waals surface area contributed by atoms with Crippen molar-refractivity contribution in [2.45, 2.75) is 39.2 Å². The van der Waals surface area contributed by atoms with Crippen LogP contribution in [0.5, 0.6) is 5.75 Å². The summed E-state index contributed by atoms with van der Waals surface area (Å²) in [6, 6.07) is 4.58. The van der Waals surface area contributed by atoms with E-state index < -0.39 is 0 Å². The quantitative estimate of drug-likeness (QED) is 0.858. The SMILES string of the molecule is CC(CN)c1cc(F)ccc1OC(C)(C)C. The summed E-state index contributed by atoms with van der Waals surface area (Å²) in [4.78, 5) is 0. The highest BCUT2D eigenvalue weighted by Gasteiger charge is 2.17. The van der Waals surface area contributed by atoms with Crippen LogP contribution < -0.4 is 10.5 Å². The van der Waals surface area contributed by atoms with Crippen molar-refractivity contribution in [2.75, 3.05) is 6.54 Å². The van der Waals surface area contributed by atoms with Crippen molar-refractivity contribution in [2.24, 2.45) is 5.73 Å². The summed E-state index contributed by atoms with van der Waals surface area (Å²) in [5.74, 6) is 0.552. The number of nitrogens with two attached hydrogens (primary N) is 1. The Labute approximate surface area is 96.6 Å². The lowest BCUT2D eigenvalue weighted by atomic mass is 10.00. The van der Waals surface area contributed by atoms with Gasteiger partial charge in [-0.25, -0.2) is 4.39 Å². The van der Waals surface area contributed by atoms with Crippen molar-refractivity contribution in [1.29, 1.82) is 0 Å². The lowest BCUT2D eigenvalue weighted by molar-refractivity contribution is 0.128. The number of benzene rings is 1. The second kappa shape index (κ2) is 4.83. The van der Waals surface area contributed by atoms with E-state index >= 15 is 0 Å². The highest BCUT2D eigenvalue weighted by molar-refractivity contribution is 5.37. The smallest absolute Gasteiger partial charge is 0.123 e. The van der Waals surface area contributed by atoms with Crippen LogP contribution in [0.1, 0.15) is 39.2 Å². The largest absolute Gasteiger partial charge is 0.488 e. The van der Waals surface area contributed by atoms with E-state index in [2.05, 4.69) is 0 Å². The Morgan fingerprint density at radius 2 is 2.00 bits per heavy atom. The Morgan fingerprint density at radius 1 is 1.38 bits per heavy atom. The van der Waals surface area contributed by atoms with E-state index in [9.17, 15) is 4.39 Å². The zero-order chi connectivity index (χ0) is 12.3.